The van der Waals surface area contributed by atoms with Crippen LogP contribution in [0.5, 0.6) is 0 Å². The number of nitrogens with zero attached hydrogens (tertiary/aromatic N) is 4. The largest absolute Gasteiger partial charge is 0.426 e. The molecule has 10 heteroatoms. The van der Waals surface area contributed by atoms with E-state index in [0.29, 0.717) is 6.20 Å². The third kappa shape index (κ3) is 1.48. The molecule has 10 nitrogen and oxygen atoms in total. The van der Waals surface area contributed by atoms with E-state index in [1.807, 2.05) is 0 Å². The molecule has 14 heavy (non-hydrogen) atoms. The summed E-state index contributed by atoms with van der Waals surface area (Å²) in [4.78, 5) is 21.3. The van der Waals surface area contributed by atoms with Crippen molar-refractivity contribution in [2.75, 3.05) is 0 Å². The van der Waals surface area contributed by atoms with Gasteiger partial charge in [-0.2, -0.15) is 4.73 Å². The van der Waals surface area contributed by atoms with Crippen molar-refractivity contribution in [2.24, 2.45) is 0 Å². The molecule has 1 heterocycles. The lowest BCUT2D eigenvalue weighted by Gasteiger charge is -1.98. The van der Waals surface area contributed by atoms with Crippen LogP contribution in [0.2, 0.25) is 0 Å². The van der Waals surface area contributed by atoms with E-state index in [0.717, 1.165) is 0 Å². The Kier molecular flexibility index (Phi) is 2.11. The van der Waals surface area contributed by atoms with E-state index < -0.39 is 27.0 Å². The maximum absolute atomic E-state index is 10.2. The fourth-order valence-corrected chi connectivity index (χ4v) is 0.682. The maximum atomic E-state index is 10.2. The Labute approximate surface area is 74.8 Å². The van der Waals surface area contributed by atoms with Gasteiger partial charge in [-0.3, -0.25) is 5.41 Å². The molecule has 0 aromatic carbocycles. The van der Waals surface area contributed by atoms with Gasteiger partial charge in [0.2, 0.25) is 0 Å². The van der Waals surface area contributed by atoms with Crippen molar-refractivity contribution in [2.45, 2.75) is 0 Å². The van der Waals surface area contributed by atoms with Gasteiger partial charge in [-0.1, -0.05) is 0 Å². The van der Waals surface area contributed by atoms with Crippen LogP contribution in [-0.2, 0) is 0 Å². The van der Waals surface area contributed by atoms with Gasteiger partial charge < -0.3 is 25.4 Å². The van der Waals surface area contributed by atoms with E-state index in [1.54, 1.807) is 0 Å². The highest BCUT2D eigenvalue weighted by molar-refractivity contribution is 5.22. The third-order valence-electron chi connectivity index (χ3n) is 1.26. The lowest BCUT2D eigenvalue weighted by Crippen LogP contribution is -2.22. The molecule has 1 rings (SSSR count). The smallest absolute Gasteiger partial charge is 0.414 e. The Balaban J connectivity index is 3.51. The molecule has 0 aliphatic heterocycles. The zero-order chi connectivity index (χ0) is 10.9. The van der Waals surface area contributed by atoms with Crippen molar-refractivity contribution in [3.05, 3.63) is 31.9 Å². The van der Waals surface area contributed by atoms with Gasteiger partial charge in [-0.25, -0.2) is 0 Å². The zero-order valence-electron chi connectivity index (χ0n) is 6.45. The van der Waals surface area contributed by atoms with Crippen LogP contribution < -0.4 is 5.49 Å². The number of rotatable bonds is 2. The number of nitrogens with one attached hydrogen (secondary N) is 1. The monoisotopic (exact) mass is 201 g/mol. The third-order valence-corrected chi connectivity index (χ3v) is 1.26. The fourth-order valence-electron chi connectivity index (χ4n) is 0.682. The number of nitro groups is 2. The Morgan fingerprint density at radius 1 is 1.43 bits per heavy atom. The van der Waals surface area contributed by atoms with Crippen LogP contribution in [0.15, 0.2) is 6.20 Å². The molecular formula is C4H3N5O5. The minimum Gasteiger partial charge on any atom is -0.426 e. The average Bonchev–Trinajstić information content (AvgIpc) is 2.08. The molecule has 2 N–H and O–H groups in total. The van der Waals surface area contributed by atoms with Gasteiger partial charge in [0.1, 0.15) is 6.20 Å². The predicted molar refractivity (Wildman–Crippen MR) is 38.6 cm³/mol. The Morgan fingerprint density at radius 2 is 2.00 bits per heavy atom. The molecule has 0 atom stereocenters. The van der Waals surface area contributed by atoms with Crippen molar-refractivity contribution < 1.29 is 15.1 Å². The second kappa shape index (κ2) is 3.08. The van der Waals surface area contributed by atoms with Crippen LogP contribution in [0.4, 0.5) is 11.6 Å². The van der Waals surface area contributed by atoms with Gasteiger partial charge in [0, 0.05) is 4.98 Å². The molecule has 0 aliphatic carbocycles. The highest BCUT2D eigenvalue weighted by Crippen LogP contribution is 2.07. The first kappa shape index (κ1) is 9.57. The van der Waals surface area contributed by atoms with Crippen LogP contribution in [0.25, 0.3) is 0 Å². The molecule has 0 unspecified atom stereocenters. The summed E-state index contributed by atoms with van der Waals surface area (Å²) in [6.45, 7) is 0. The summed E-state index contributed by atoms with van der Waals surface area (Å²) < 4.78 is -0.0384. The van der Waals surface area contributed by atoms with E-state index in [-0.39, 0.29) is 4.73 Å². The molecule has 74 valence electrons. The van der Waals surface area contributed by atoms with Crippen LogP contribution >= 0.6 is 0 Å². The summed E-state index contributed by atoms with van der Waals surface area (Å²) in [5, 5.41) is 36.2. The van der Waals surface area contributed by atoms with Crippen LogP contribution in [0.1, 0.15) is 0 Å². The average molecular weight is 201 g/mol. The van der Waals surface area contributed by atoms with Gasteiger partial charge >= 0.3 is 11.6 Å². The highest BCUT2D eigenvalue weighted by atomic mass is 16.6. The van der Waals surface area contributed by atoms with Gasteiger partial charge in [-0.15, -0.1) is 0 Å². The van der Waals surface area contributed by atoms with Crippen molar-refractivity contribution >= 4 is 11.6 Å². The first-order valence-corrected chi connectivity index (χ1v) is 3.10. The number of hydrogen-bond donors (Lipinski definition) is 2. The van der Waals surface area contributed by atoms with Crippen molar-refractivity contribution in [3.63, 3.8) is 0 Å². The highest BCUT2D eigenvalue weighted by Gasteiger charge is 2.20. The van der Waals surface area contributed by atoms with E-state index in [4.69, 9.17) is 10.6 Å². The molecule has 0 saturated carbocycles. The first-order chi connectivity index (χ1) is 6.43. The summed E-state index contributed by atoms with van der Waals surface area (Å²) in [7, 11) is 0. The topological polar surface area (TPSA) is 148 Å². The molecule has 1 aromatic rings. The van der Waals surface area contributed by atoms with Gasteiger partial charge in [0.25, 0.3) is 5.49 Å². The second-order valence-corrected chi connectivity index (χ2v) is 2.13. The van der Waals surface area contributed by atoms with Crippen molar-refractivity contribution in [1.29, 1.82) is 5.41 Å². The molecular weight excluding hydrogens is 198 g/mol. The van der Waals surface area contributed by atoms with Gasteiger partial charge in [0.15, 0.2) is 0 Å². The first-order valence-electron chi connectivity index (χ1n) is 3.10. The zero-order valence-corrected chi connectivity index (χ0v) is 6.45. The van der Waals surface area contributed by atoms with Crippen molar-refractivity contribution in [1.82, 2.24) is 9.71 Å². The van der Waals surface area contributed by atoms with Gasteiger partial charge in [-0.05, 0) is 9.85 Å². The minimum atomic E-state index is -1.10. The minimum absolute atomic E-state index is 0.0384. The summed E-state index contributed by atoms with van der Waals surface area (Å²) in [5.41, 5.74) is -0.930. The summed E-state index contributed by atoms with van der Waals surface area (Å²) in [6, 6.07) is 0. The standard InChI is InChI=1S/C4H3N5O5/c5-3-4(9(13)14)6-2(8(11)12)1-7(3)10/h1,5,10H. The van der Waals surface area contributed by atoms with E-state index in [2.05, 4.69) is 4.98 Å². The van der Waals surface area contributed by atoms with Crippen molar-refractivity contribution in [3.8, 4) is 0 Å². The summed E-state index contributed by atoms with van der Waals surface area (Å²) in [5.74, 6) is -1.99. The molecule has 0 radical (unpaired) electrons. The van der Waals surface area contributed by atoms with E-state index >= 15 is 0 Å². The molecule has 0 saturated heterocycles. The van der Waals surface area contributed by atoms with Crippen LogP contribution in [0, 0.1) is 25.6 Å². The molecule has 0 fully saturated rings. The predicted octanol–water partition coefficient (Wildman–Crippen LogP) is -0.584. The second-order valence-electron chi connectivity index (χ2n) is 2.13. The van der Waals surface area contributed by atoms with Gasteiger partial charge in [0.05, 0.1) is 0 Å². The molecule has 0 amide bonds. The lowest BCUT2D eigenvalue weighted by atomic mass is 10.6. The summed E-state index contributed by atoms with van der Waals surface area (Å²) >= 11 is 0. The molecule has 1 aromatic heterocycles. The Morgan fingerprint density at radius 3 is 2.43 bits per heavy atom. The molecule has 0 bridgehead atoms. The fraction of sp³-hybridized carbons (Fsp3) is 0. The van der Waals surface area contributed by atoms with E-state index in [9.17, 15) is 20.2 Å². The number of hydrogen-bond acceptors (Lipinski definition) is 7. The molecule has 0 spiro atoms. The summed E-state index contributed by atoms with van der Waals surface area (Å²) in [6.07, 6.45) is 0.495. The quantitative estimate of drug-likeness (QED) is 0.371. The van der Waals surface area contributed by atoms with Crippen LogP contribution in [-0.4, -0.2) is 24.8 Å². The van der Waals surface area contributed by atoms with E-state index in [1.165, 1.54) is 0 Å². The number of aromatic nitrogens is 2. The normalized spacial score (nSPS) is 9.71. The Bertz CT molecular complexity index is 464. The van der Waals surface area contributed by atoms with Crippen LogP contribution in [0.3, 0.4) is 0 Å². The lowest BCUT2D eigenvalue weighted by molar-refractivity contribution is -0.405. The maximum Gasteiger partial charge on any atom is 0.414 e. The molecule has 0 aliphatic rings. The Hall–Kier alpha value is -2.52. The SMILES string of the molecule is N=c1c([N+](=O)[O-])nc([N+](=O)[O-])cn1O.